The Labute approximate surface area is 88.2 Å². The van der Waals surface area contributed by atoms with Crippen molar-refractivity contribution in [2.45, 2.75) is 18.2 Å². The van der Waals surface area contributed by atoms with E-state index in [1.165, 1.54) is 7.05 Å². The molecule has 0 heterocycles. The predicted molar refractivity (Wildman–Crippen MR) is 53.6 cm³/mol. The van der Waals surface area contributed by atoms with Gasteiger partial charge in [-0.05, 0) is 7.05 Å². The topological polar surface area (TPSA) is 119 Å². The summed E-state index contributed by atoms with van der Waals surface area (Å²) < 4.78 is 15.5. The van der Waals surface area contributed by atoms with Crippen LogP contribution < -0.4 is 5.32 Å². The molecule has 15 heavy (non-hydrogen) atoms. The zero-order chi connectivity index (χ0) is 12.1. The summed E-state index contributed by atoms with van der Waals surface area (Å²) in [6.45, 7) is -0.0373. The molecule has 92 valence electrons. The van der Waals surface area contributed by atoms with Gasteiger partial charge in [0, 0.05) is 6.66 Å². The molecule has 0 aromatic heterocycles. The largest absolute Gasteiger partial charge is 0.395 e. The van der Waals surface area contributed by atoms with E-state index in [2.05, 4.69) is 9.84 Å². The molecule has 0 amide bonds. The summed E-state index contributed by atoms with van der Waals surface area (Å²) in [5.41, 5.74) is 0. The molecular weight excluding hydrogens is 225 g/mol. The normalized spacial score (nSPS) is 21.7. The molecule has 0 fully saturated rings. The predicted octanol–water partition coefficient (Wildman–Crippen LogP) is -1.88. The standard InChI is InChI=1S/C7H18NO6P/c1-8-5(3-9)7(11)6(4-10)14-15(2,12)13/h5-11H,3-4H2,1-2H3,(H,12,13)/t5?,6-,7?/m0/s1. The molecule has 0 aliphatic rings. The quantitative estimate of drug-likeness (QED) is 0.332. The molecular formula is C7H18NO6P. The zero-order valence-electron chi connectivity index (χ0n) is 8.70. The summed E-state index contributed by atoms with van der Waals surface area (Å²) in [5, 5.41) is 29.9. The number of nitrogens with one attached hydrogen (secondary N) is 1. The van der Waals surface area contributed by atoms with E-state index in [-0.39, 0.29) is 6.61 Å². The molecule has 7 nitrogen and oxygen atoms in total. The summed E-state index contributed by atoms with van der Waals surface area (Å²) in [6, 6.07) is -0.728. The average molecular weight is 243 g/mol. The first-order valence-corrected chi connectivity index (χ1v) is 6.44. The van der Waals surface area contributed by atoms with Crippen molar-refractivity contribution in [2.24, 2.45) is 0 Å². The number of rotatable bonds is 7. The number of aliphatic hydroxyl groups excluding tert-OH is 3. The second kappa shape index (κ2) is 6.55. The molecule has 0 aliphatic carbocycles. The van der Waals surface area contributed by atoms with Crippen molar-refractivity contribution in [3.05, 3.63) is 0 Å². The zero-order valence-corrected chi connectivity index (χ0v) is 9.59. The van der Waals surface area contributed by atoms with Crippen LogP contribution in [-0.2, 0) is 9.09 Å². The van der Waals surface area contributed by atoms with Gasteiger partial charge in [0.2, 0.25) is 0 Å². The van der Waals surface area contributed by atoms with Crippen molar-refractivity contribution in [1.29, 1.82) is 0 Å². The van der Waals surface area contributed by atoms with Gasteiger partial charge in [-0.3, -0.25) is 4.57 Å². The van der Waals surface area contributed by atoms with Gasteiger partial charge in [0.1, 0.15) is 12.2 Å². The van der Waals surface area contributed by atoms with Gasteiger partial charge in [-0.1, -0.05) is 0 Å². The molecule has 8 heteroatoms. The van der Waals surface area contributed by atoms with E-state index < -0.39 is 32.5 Å². The first-order chi connectivity index (χ1) is 6.85. The molecule has 4 atom stereocenters. The average Bonchev–Trinajstić information content (AvgIpc) is 2.14. The second-order valence-electron chi connectivity index (χ2n) is 3.20. The Morgan fingerprint density at radius 3 is 2.20 bits per heavy atom. The highest BCUT2D eigenvalue weighted by Crippen LogP contribution is 2.38. The van der Waals surface area contributed by atoms with Crippen molar-refractivity contribution < 1.29 is 29.3 Å². The fourth-order valence-corrected chi connectivity index (χ4v) is 1.78. The molecule has 0 bridgehead atoms. The van der Waals surface area contributed by atoms with Crippen LogP contribution >= 0.6 is 7.60 Å². The van der Waals surface area contributed by atoms with Gasteiger partial charge in [0.05, 0.1) is 19.3 Å². The van der Waals surface area contributed by atoms with Crippen molar-refractivity contribution in [2.75, 3.05) is 26.9 Å². The smallest absolute Gasteiger partial charge is 0.325 e. The van der Waals surface area contributed by atoms with Gasteiger partial charge in [-0.2, -0.15) is 0 Å². The van der Waals surface area contributed by atoms with E-state index in [1.807, 2.05) is 0 Å². The Bertz CT molecular complexity index is 216. The van der Waals surface area contributed by atoms with Gasteiger partial charge in [-0.15, -0.1) is 0 Å². The molecule has 0 aliphatic heterocycles. The van der Waals surface area contributed by atoms with Crippen LogP contribution in [0, 0.1) is 0 Å². The van der Waals surface area contributed by atoms with E-state index >= 15 is 0 Å². The summed E-state index contributed by atoms with van der Waals surface area (Å²) in [4.78, 5) is 8.92. The maximum Gasteiger partial charge on any atom is 0.325 e. The molecule has 0 aromatic rings. The van der Waals surface area contributed by atoms with E-state index in [1.54, 1.807) is 0 Å². The summed E-state index contributed by atoms with van der Waals surface area (Å²) in [6.07, 6.45) is -2.49. The minimum Gasteiger partial charge on any atom is -0.395 e. The summed E-state index contributed by atoms with van der Waals surface area (Å²) in [7, 11) is -2.28. The second-order valence-corrected chi connectivity index (χ2v) is 5.01. The third-order valence-corrected chi connectivity index (χ3v) is 2.53. The maximum absolute atomic E-state index is 10.9. The van der Waals surface area contributed by atoms with Crippen LogP contribution in [0.4, 0.5) is 0 Å². The van der Waals surface area contributed by atoms with E-state index in [0.717, 1.165) is 6.66 Å². The van der Waals surface area contributed by atoms with Gasteiger partial charge >= 0.3 is 7.60 Å². The SMILES string of the molecule is CNC(CO)C(O)[C@H](CO)OP(C)(=O)O. The van der Waals surface area contributed by atoms with Crippen LogP contribution in [0.5, 0.6) is 0 Å². The van der Waals surface area contributed by atoms with Crippen LogP contribution in [0.25, 0.3) is 0 Å². The molecule has 0 rings (SSSR count). The lowest BCUT2D eigenvalue weighted by atomic mass is 10.1. The van der Waals surface area contributed by atoms with Crippen molar-refractivity contribution in [3.63, 3.8) is 0 Å². The van der Waals surface area contributed by atoms with Crippen LogP contribution in [0.3, 0.4) is 0 Å². The molecule has 0 saturated heterocycles. The lowest BCUT2D eigenvalue weighted by Gasteiger charge is -2.27. The summed E-state index contributed by atoms with van der Waals surface area (Å²) >= 11 is 0. The van der Waals surface area contributed by atoms with Crippen molar-refractivity contribution in [1.82, 2.24) is 5.32 Å². The van der Waals surface area contributed by atoms with Crippen molar-refractivity contribution in [3.8, 4) is 0 Å². The van der Waals surface area contributed by atoms with E-state index in [4.69, 9.17) is 15.1 Å². The first kappa shape index (κ1) is 15.0. The lowest BCUT2D eigenvalue weighted by Crippen LogP contribution is -2.49. The Kier molecular flexibility index (Phi) is 6.54. The van der Waals surface area contributed by atoms with Crippen molar-refractivity contribution >= 4 is 7.60 Å². The maximum atomic E-state index is 10.9. The monoisotopic (exact) mass is 243 g/mol. The van der Waals surface area contributed by atoms with Crippen LogP contribution in [0.2, 0.25) is 0 Å². The lowest BCUT2D eigenvalue weighted by molar-refractivity contribution is -0.0297. The van der Waals surface area contributed by atoms with E-state index in [9.17, 15) is 9.67 Å². The number of hydrogen-bond donors (Lipinski definition) is 5. The van der Waals surface area contributed by atoms with Gasteiger partial charge in [0.25, 0.3) is 0 Å². The fraction of sp³-hybridized carbons (Fsp3) is 1.00. The van der Waals surface area contributed by atoms with Gasteiger partial charge in [-0.25, -0.2) is 0 Å². The van der Waals surface area contributed by atoms with Gasteiger partial charge in [0.15, 0.2) is 0 Å². The molecule has 0 spiro atoms. The minimum atomic E-state index is -3.78. The Hall–Kier alpha value is -0.0100. The van der Waals surface area contributed by atoms with Gasteiger partial charge < -0.3 is 30.1 Å². The number of aliphatic hydroxyl groups is 3. The molecule has 0 saturated carbocycles. The Balaban J connectivity index is 4.45. The number of likely N-dealkylation sites (N-methyl/N-ethyl adjacent to an activating group) is 1. The first-order valence-electron chi connectivity index (χ1n) is 4.41. The third kappa shape index (κ3) is 5.58. The third-order valence-electron chi connectivity index (χ3n) is 1.87. The van der Waals surface area contributed by atoms with Crippen LogP contribution in [-0.4, -0.2) is 65.4 Å². The molecule has 3 unspecified atom stereocenters. The fourth-order valence-electron chi connectivity index (χ4n) is 1.08. The molecule has 0 radical (unpaired) electrons. The van der Waals surface area contributed by atoms with E-state index in [0.29, 0.717) is 0 Å². The Morgan fingerprint density at radius 2 is 1.93 bits per heavy atom. The highest BCUT2D eigenvalue weighted by atomic mass is 31.2. The minimum absolute atomic E-state index is 0.378. The molecule has 0 aromatic carbocycles. The number of hydrogen-bond acceptors (Lipinski definition) is 6. The van der Waals surface area contributed by atoms with Crippen LogP contribution in [0.15, 0.2) is 0 Å². The van der Waals surface area contributed by atoms with Crippen LogP contribution in [0.1, 0.15) is 0 Å². The molecule has 5 N–H and O–H groups in total. The highest BCUT2D eigenvalue weighted by molar-refractivity contribution is 7.51. The highest BCUT2D eigenvalue weighted by Gasteiger charge is 2.30. The summed E-state index contributed by atoms with van der Waals surface area (Å²) in [5.74, 6) is 0. The Morgan fingerprint density at radius 1 is 1.40 bits per heavy atom.